The zero-order valence-electron chi connectivity index (χ0n) is 10.8. The summed E-state index contributed by atoms with van der Waals surface area (Å²) in [6.45, 7) is 5.89. The Labute approximate surface area is 106 Å². The zero-order valence-corrected chi connectivity index (χ0v) is 10.8. The fourth-order valence-electron chi connectivity index (χ4n) is 1.50. The lowest BCUT2D eigenvalue weighted by molar-refractivity contribution is 0.0174. The van der Waals surface area contributed by atoms with Gasteiger partial charge in [0.1, 0.15) is 17.7 Å². The second-order valence-electron chi connectivity index (χ2n) is 4.61. The van der Waals surface area contributed by atoms with Crippen LogP contribution in [0.3, 0.4) is 0 Å². The third-order valence-corrected chi connectivity index (χ3v) is 3.23. The molecule has 0 aliphatic rings. The molecule has 18 heavy (non-hydrogen) atoms. The molecular formula is C12H19N3O3. The molecule has 1 rings (SSSR count). The summed E-state index contributed by atoms with van der Waals surface area (Å²) in [5.41, 5.74) is -0.924. The van der Waals surface area contributed by atoms with E-state index in [0.717, 1.165) is 6.42 Å². The van der Waals surface area contributed by atoms with Gasteiger partial charge in [0.15, 0.2) is 0 Å². The van der Waals surface area contributed by atoms with Gasteiger partial charge in [-0.05, 0) is 12.8 Å². The average molecular weight is 253 g/mol. The molecule has 3 N–H and O–H groups in total. The number of anilines is 1. The maximum atomic E-state index is 11.0. The van der Waals surface area contributed by atoms with Crippen LogP contribution >= 0.6 is 0 Å². The minimum absolute atomic E-state index is 0.00236. The Kier molecular flexibility index (Phi) is 4.61. The number of carbonyl (C=O) groups is 1. The largest absolute Gasteiger partial charge is 0.477 e. The molecule has 0 bridgehead atoms. The van der Waals surface area contributed by atoms with Crippen LogP contribution in [0.1, 0.15) is 37.6 Å². The number of aromatic carboxylic acids is 1. The van der Waals surface area contributed by atoms with Gasteiger partial charge in [0.25, 0.3) is 0 Å². The highest BCUT2D eigenvalue weighted by molar-refractivity contribution is 5.92. The zero-order chi connectivity index (χ0) is 13.8. The Balaban J connectivity index is 2.78. The summed E-state index contributed by atoms with van der Waals surface area (Å²) in [6, 6.07) is 0. The predicted molar refractivity (Wildman–Crippen MR) is 67.6 cm³/mol. The average Bonchev–Trinajstić information content (AvgIpc) is 2.35. The number of aromatic nitrogens is 2. The first-order valence-electron chi connectivity index (χ1n) is 5.88. The summed E-state index contributed by atoms with van der Waals surface area (Å²) in [6.07, 6.45) is 3.34. The number of rotatable bonds is 6. The van der Waals surface area contributed by atoms with Crippen LogP contribution in [-0.4, -0.2) is 38.3 Å². The Hall–Kier alpha value is -1.69. The van der Waals surface area contributed by atoms with Crippen molar-refractivity contribution in [1.29, 1.82) is 0 Å². The third-order valence-electron chi connectivity index (χ3n) is 3.23. The SMILES string of the molecule is CCC(C)C(C)(O)CNc1ncncc1C(=O)O. The van der Waals surface area contributed by atoms with Gasteiger partial charge in [0, 0.05) is 12.7 Å². The van der Waals surface area contributed by atoms with Crippen LogP contribution < -0.4 is 5.32 Å². The highest BCUT2D eigenvalue weighted by atomic mass is 16.4. The van der Waals surface area contributed by atoms with Crippen molar-refractivity contribution >= 4 is 11.8 Å². The van der Waals surface area contributed by atoms with E-state index in [4.69, 9.17) is 5.11 Å². The molecule has 2 atom stereocenters. The Morgan fingerprint density at radius 2 is 2.28 bits per heavy atom. The summed E-state index contributed by atoms with van der Waals surface area (Å²) in [4.78, 5) is 18.5. The lowest BCUT2D eigenvalue weighted by atomic mass is 9.88. The van der Waals surface area contributed by atoms with E-state index in [0.29, 0.717) is 0 Å². The number of carboxylic acids is 1. The fourth-order valence-corrected chi connectivity index (χ4v) is 1.50. The lowest BCUT2D eigenvalue weighted by Crippen LogP contribution is -2.40. The predicted octanol–water partition coefficient (Wildman–Crippen LogP) is 1.38. The molecule has 0 fully saturated rings. The quantitative estimate of drug-likeness (QED) is 0.709. The first-order valence-corrected chi connectivity index (χ1v) is 5.88. The van der Waals surface area contributed by atoms with Crippen molar-refractivity contribution in [3.05, 3.63) is 18.1 Å². The Morgan fingerprint density at radius 3 is 2.83 bits per heavy atom. The van der Waals surface area contributed by atoms with E-state index in [9.17, 15) is 9.90 Å². The monoisotopic (exact) mass is 253 g/mol. The van der Waals surface area contributed by atoms with Crippen molar-refractivity contribution in [1.82, 2.24) is 9.97 Å². The van der Waals surface area contributed by atoms with Crippen molar-refractivity contribution in [2.75, 3.05) is 11.9 Å². The van der Waals surface area contributed by atoms with Crippen LogP contribution in [0.2, 0.25) is 0 Å². The molecule has 0 spiro atoms. The van der Waals surface area contributed by atoms with E-state index in [1.807, 2.05) is 13.8 Å². The lowest BCUT2D eigenvalue weighted by Gasteiger charge is -2.30. The molecule has 100 valence electrons. The normalized spacial score (nSPS) is 15.8. The molecule has 6 heteroatoms. The number of nitrogens with zero attached hydrogens (tertiary/aromatic N) is 2. The van der Waals surface area contributed by atoms with Crippen molar-refractivity contribution in [2.24, 2.45) is 5.92 Å². The van der Waals surface area contributed by atoms with E-state index >= 15 is 0 Å². The van der Waals surface area contributed by atoms with Gasteiger partial charge in [0.2, 0.25) is 0 Å². The summed E-state index contributed by atoms with van der Waals surface area (Å²) >= 11 is 0. The van der Waals surface area contributed by atoms with Gasteiger partial charge in [-0.2, -0.15) is 0 Å². The van der Waals surface area contributed by atoms with Crippen LogP contribution in [0.4, 0.5) is 5.82 Å². The van der Waals surface area contributed by atoms with Crippen molar-refractivity contribution in [3.63, 3.8) is 0 Å². The Morgan fingerprint density at radius 1 is 1.61 bits per heavy atom. The van der Waals surface area contributed by atoms with Crippen molar-refractivity contribution in [3.8, 4) is 0 Å². The van der Waals surface area contributed by atoms with Crippen molar-refractivity contribution in [2.45, 2.75) is 32.8 Å². The van der Waals surface area contributed by atoms with Gasteiger partial charge in [0.05, 0.1) is 5.60 Å². The van der Waals surface area contributed by atoms with Crippen LogP contribution in [-0.2, 0) is 0 Å². The summed E-state index contributed by atoms with van der Waals surface area (Å²) < 4.78 is 0. The second-order valence-corrected chi connectivity index (χ2v) is 4.61. The summed E-state index contributed by atoms with van der Waals surface area (Å²) in [7, 11) is 0. The topological polar surface area (TPSA) is 95.3 Å². The maximum absolute atomic E-state index is 11.0. The third kappa shape index (κ3) is 3.40. The summed E-state index contributed by atoms with van der Waals surface area (Å²) in [5.74, 6) is -0.775. The minimum atomic E-state index is -1.10. The number of hydrogen-bond donors (Lipinski definition) is 3. The molecule has 0 saturated carbocycles. The van der Waals surface area contributed by atoms with E-state index in [2.05, 4.69) is 15.3 Å². The standard InChI is InChI=1S/C12H19N3O3/c1-4-8(2)12(3,18)6-14-10-9(11(16)17)5-13-7-15-10/h5,7-8,18H,4,6H2,1-3H3,(H,16,17)(H,13,14,15). The molecule has 0 radical (unpaired) electrons. The molecule has 0 aliphatic carbocycles. The first-order chi connectivity index (χ1) is 8.38. The molecule has 0 aromatic carbocycles. The number of nitrogens with one attached hydrogen (secondary N) is 1. The molecular weight excluding hydrogens is 234 g/mol. The molecule has 0 amide bonds. The molecule has 1 aromatic rings. The van der Waals surface area contributed by atoms with Gasteiger partial charge in [-0.1, -0.05) is 20.3 Å². The van der Waals surface area contributed by atoms with Crippen LogP contribution in [0, 0.1) is 5.92 Å². The van der Waals surface area contributed by atoms with E-state index < -0.39 is 11.6 Å². The molecule has 0 saturated heterocycles. The number of hydrogen-bond acceptors (Lipinski definition) is 5. The van der Waals surface area contributed by atoms with Gasteiger partial charge in [-0.25, -0.2) is 14.8 Å². The molecule has 1 aromatic heterocycles. The van der Waals surface area contributed by atoms with Crippen LogP contribution in [0.25, 0.3) is 0 Å². The molecule has 0 aliphatic heterocycles. The van der Waals surface area contributed by atoms with E-state index in [1.165, 1.54) is 12.5 Å². The number of carboxylic acid groups (broad SMARTS) is 1. The van der Waals surface area contributed by atoms with Gasteiger partial charge in [-0.15, -0.1) is 0 Å². The molecule has 6 nitrogen and oxygen atoms in total. The van der Waals surface area contributed by atoms with Gasteiger partial charge < -0.3 is 15.5 Å². The molecule has 2 unspecified atom stereocenters. The second kappa shape index (κ2) is 5.77. The van der Waals surface area contributed by atoms with Gasteiger partial charge in [-0.3, -0.25) is 0 Å². The highest BCUT2D eigenvalue weighted by Gasteiger charge is 2.27. The summed E-state index contributed by atoms with van der Waals surface area (Å²) in [5, 5.41) is 22.1. The van der Waals surface area contributed by atoms with E-state index in [-0.39, 0.29) is 23.8 Å². The van der Waals surface area contributed by atoms with Crippen LogP contribution in [0.5, 0.6) is 0 Å². The van der Waals surface area contributed by atoms with Gasteiger partial charge >= 0.3 is 5.97 Å². The fraction of sp³-hybridized carbons (Fsp3) is 0.583. The highest BCUT2D eigenvalue weighted by Crippen LogP contribution is 2.21. The number of aliphatic hydroxyl groups is 1. The first kappa shape index (κ1) is 14.4. The van der Waals surface area contributed by atoms with Crippen molar-refractivity contribution < 1.29 is 15.0 Å². The smallest absolute Gasteiger partial charge is 0.341 e. The maximum Gasteiger partial charge on any atom is 0.341 e. The Bertz CT molecular complexity index is 421. The molecule has 1 heterocycles. The van der Waals surface area contributed by atoms with Crippen LogP contribution in [0.15, 0.2) is 12.5 Å². The van der Waals surface area contributed by atoms with E-state index in [1.54, 1.807) is 6.92 Å². The minimum Gasteiger partial charge on any atom is -0.477 e.